The Kier molecular flexibility index (Phi) is 6.98. The molecule has 148 valence electrons. The molecule has 0 aromatic heterocycles. The molecule has 0 atom stereocenters. The molecule has 0 radical (unpaired) electrons. The predicted octanol–water partition coefficient (Wildman–Crippen LogP) is 4.28. The van der Waals surface area contributed by atoms with Gasteiger partial charge >= 0.3 is 6.03 Å². The number of amides is 3. The zero-order chi connectivity index (χ0) is 19.9. The molecule has 28 heavy (non-hydrogen) atoms. The summed E-state index contributed by atoms with van der Waals surface area (Å²) in [7, 11) is 0. The number of hydrogen-bond donors (Lipinski definition) is 1. The van der Waals surface area contributed by atoms with E-state index in [0.717, 1.165) is 10.6 Å². The molecule has 2 aromatic carbocycles. The SMILES string of the molecule is CC(C)c1ccc(SCC(=O)N2CCN(C(=O)Nc3ccccc3)CC2)cc1. The van der Waals surface area contributed by atoms with E-state index in [9.17, 15) is 9.59 Å². The van der Waals surface area contributed by atoms with Crippen LogP contribution in [0.25, 0.3) is 0 Å². The maximum absolute atomic E-state index is 12.5. The molecule has 0 spiro atoms. The van der Waals surface area contributed by atoms with E-state index >= 15 is 0 Å². The lowest BCUT2D eigenvalue weighted by Crippen LogP contribution is -2.52. The number of para-hydroxylation sites is 1. The summed E-state index contributed by atoms with van der Waals surface area (Å²) in [6.45, 7) is 6.61. The van der Waals surface area contributed by atoms with Gasteiger partial charge in [-0.25, -0.2) is 4.79 Å². The van der Waals surface area contributed by atoms with Crippen molar-refractivity contribution in [1.82, 2.24) is 9.80 Å². The Morgan fingerprint density at radius 3 is 2.14 bits per heavy atom. The first kappa shape index (κ1) is 20.3. The third-order valence-corrected chi connectivity index (χ3v) is 5.85. The van der Waals surface area contributed by atoms with E-state index in [0.29, 0.717) is 37.8 Å². The molecule has 1 aliphatic heterocycles. The second kappa shape index (κ2) is 9.64. The Morgan fingerprint density at radius 2 is 1.54 bits per heavy atom. The van der Waals surface area contributed by atoms with Gasteiger partial charge < -0.3 is 15.1 Å². The van der Waals surface area contributed by atoms with Gasteiger partial charge in [0.15, 0.2) is 0 Å². The highest BCUT2D eigenvalue weighted by atomic mass is 32.2. The normalized spacial score (nSPS) is 14.2. The molecular formula is C22H27N3O2S. The van der Waals surface area contributed by atoms with Crippen LogP contribution in [-0.2, 0) is 4.79 Å². The first-order valence-electron chi connectivity index (χ1n) is 9.64. The standard InChI is InChI=1S/C22H27N3O2S/c1-17(2)18-8-10-20(11-9-18)28-16-21(26)24-12-14-25(15-13-24)22(27)23-19-6-4-3-5-7-19/h3-11,17H,12-16H2,1-2H3,(H,23,27). The summed E-state index contributed by atoms with van der Waals surface area (Å²) in [5, 5.41) is 2.89. The summed E-state index contributed by atoms with van der Waals surface area (Å²) in [4.78, 5) is 29.6. The van der Waals surface area contributed by atoms with Crippen LogP contribution in [0.15, 0.2) is 59.5 Å². The first-order valence-corrected chi connectivity index (χ1v) is 10.6. The number of carbonyl (C=O) groups is 2. The highest BCUT2D eigenvalue weighted by molar-refractivity contribution is 8.00. The molecule has 1 saturated heterocycles. The zero-order valence-corrected chi connectivity index (χ0v) is 17.2. The number of urea groups is 1. The van der Waals surface area contributed by atoms with Gasteiger partial charge in [-0.3, -0.25) is 4.79 Å². The van der Waals surface area contributed by atoms with Gasteiger partial charge in [0.25, 0.3) is 0 Å². The lowest BCUT2D eigenvalue weighted by atomic mass is 10.0. The Labute approximate surface area is 171 Å². The molecule has 1 fully saturated rings. The van der Waals surface area contributed by atoms with Crippen molar-refractivity contribution in [3.8, 4) is 0 Å². The third kappa shape index (κ3) is 5.52. The summed E-state index contributed by atoms with van der Waals surface area (Å²) in [6, 6.07) is 17.7. The van der Waals surface area contributed by atoms with Gasteiger partial charge in [-0.1, -0.05) is 44.2 Å². The number of thioether (sulfide) groups is 1. The van der Waals surface area contributed by atoms with Gasteiger partial charge in [0.2, 0.25) is 5.91 Å². The Hall–Kier alpha value is -2.47. The van der Waals surface area contributed by atoms with Gasteiger partial charge in [-0.2, -0.15) is 0 Å². The van der Waals surface area contributed by atoms with Crippen molar-refractivity contribution < 1.29 is 9.59 Å². The van der Waals surface area contributed by atoms with Gasteiger partial charge in [0.05, 0.1) is 5.75 Å². The van der Waals surface area contributed by atoms with E-state index in [1.54, 1.807) is 16.7 Å². The molecule has 2 aromatic rings. The molecule has 6 heteroatoms. The molecule has 1 heterocycles. The van der Waals surface area contributed by atoms with Gasteiger partial charge in [0, 0.05) is 36.8 Å². The number of hydrogen-bond acceptors (Lipinski definition) is 3. The van der Waals surface area contributed by atoms with E-state index in [1.165, 1.54) is 5.56 Å². The summed E-state index contributed by atoms with van der Waals surface area (Å²) in [6.07, 6.45) is 0. The fraction of sp³-hybridized carbons (Fsp3) is 0.364. The quantitative estimate of drug-likeness (QED) is 0.766. The minimum absolute atomic E-state index is 0.113. The van der Waals surface area contributed by atoms with Gasteiger partial charge in [-0.05, 0) is 35.7 Å². The summed E-state index contributed by atoms with van der Waals surface area (Å²) in [5.74, 6) is 1.06. The summed E-state index contributed by atoms with van der Waals surface area (Å²) < 4.78 is 0. The van der Waals surface area contributed by atoms with Crippen LogP contribution in [0, 0.1) is 0 Å². The Balaban J connectivity index is 1.42. The van der Waals surface area contributed by atoms with Crippen molar-refractivity contribution in [2.75, 3.05) is 37.2 Å². The van der Waals surface area contributed by atoms with E-state index in [4.69, 9.17) is 0 Å². The molecule has 3 rings (SSSR count). The van der Waals surface area contributed by atoms with Crippen molar-refractivity contribution >= 4 is 29.4 Å². The monoisotopic (exact) mass is 397 g/mol. The lowest BCUT2D eigenvalue weighted by molar-refractivity contribution is -0.129. The molecule has 1 N–H and O–H groups in total. The number of nitrogens with one attached hydrogen (secondary N) is 1. The zero-order valence-electron chi connectivity index (χ0n) is 16.4. The van der Waals surface area contributed by atoms with Crippen LogP contribution in [0.3, 0.4) is 0 Å². The van der Waals surface area contributed by atoms with Crippen LogP contribution in [0.1, 0.15) is 25.3 Å². The minimum atomic E-state index is -0.113. The molecule has 1 aliphatic rings. The maximum atomic E-state index is 12.5. The smallest absolute Gasteiger partial charge is 0.321 e. The predicted molar refractivity (Wildman–Crippen MR) is 115 cm³/mol. The number of piperazine rings is 1. The number of carbonyl (C=O) groups excluding carboxylic acids is 2. The number of benzene rings is 2. The highest BCUT2D eigenvalue weighted by Crippen LogP contribution is 2.22. The van der Waals surface area contributed by atoms with Crippen molar-refractivity contribution in [2.45, 2.75) is 24.7 Å². The Bertz CT molecular complexity index is 785. The van der Waals surface area contributed by atoms with Gasteiger partial charge in [0.1, 0.15) is 0 Å². The molecule has 0 bridgehead atoms. The molecule has 3 amide bonds. The highest BCUT2D eigenvalue weighted by Gasteiger charge is 2.24. The second-order valence-corrected chi connectivity index (χ2v) is 8.23. The fourth-order valence-electron chi connectivity index (χ4n) is 3.07. The van der Waals surface area contributed by atoms with E-state index in [1.807, 2.05) is 35.2 Å². The Morgan fingerprint density at radius 1 is 0.929 bits per heavy atom. The van der Waals surface area contributed by atoms with Crippen LogP contribution in [0.5, 0.6) is 0 Å². The molecular weight excluding hydrogens is 370 g/mol. The van der Waals surface area contributed by atoms with E-state index in [2.05, 4.69) is 43.4 Å². The lowest BCUT2D eigenvalue weighted by Gasteiger charge is -2.34. The number of rotatable bonds is 5. The molecule has 0 saturated carbocycles. The fourth-order valence-corrected chi connectivity index (χ4v) is 3.87. The second-order valence-electron chi connectivity index (χ2n) is 7.18. The molecule has 0 unspecified atom stereocenters. The topological polar surface area (TPSA) is 52.7 Å². The van der Waals surface area contributed by atoms with Crippen LogP contribution in [0.2, 0.25) is 0 Å². The van der Waals surface area contributed by atoms with Crippen molar-refractivity contribution in [3.05, 3.63) is 60.2 Å². The number of anilines is 1. The van der Waals surface area contributed by atoms with E-state index in [-0.39, 0.29) is 11.9 Å². The van der Waals surface area contributed by atoms with Crippen LogP contribution >= 0.6 is 11.8 Å². The van der Waals surface area contributed by atoms with Crippen molar-refractivity contribution in [3.63, 3.8) is 0 Å². The van der Waals surface area contributed by atoms with Crippen molar-refractivity contribution in [1.29, 1.82) is 0 Å². The first-order chi connectivity index (χ1) is 13.5. The average molecular weight is 398 g/mol. The summed E-state index contributed by atoms with van der Waals surface area (Å²) in [5.41, 5.74) is 2.09. The van der Waals surface area contributed by atoms with Crippen LogP contribution in [0.4, 0.5) is 10.5 Å². The third-order valence-electron chi connectivity index (χ3n) is 4.85. The average Bonchev–Trinajstić information content (AvgIpc) is 2.73. The summed E-state index contributed by atoms with van der Waals surface area (Å²) >= 11 is 1.57. The molecule has 0 aliphatic carbocycles. The number of nitrogens with zero attached hydrogens (tertiary/aromatic N) is 2. The van der Waals surface area contributed by atoms with Crippen LogP contribution < -0.4 is 5.32 Å². The van der Waals surface area contributed by atoms with Gasteiger partial charge in [-0.15, -0.1) is 11.8 Å². The minimum Gasteiger partial charge on any atom is -0.338 e. The van der Waals surface area contributed by atoms with Crippen molar-refractivity contribution in [2.24, 2.45) is 0 Å². The van der Waals surface area contributed by atoms with Crippen LogP contribution in [-0.4, -0.2) is 53.7 Å². The molecule has 5 nitrogen and oxygen atoms in total. The largest absolute Gasteiger partial charge is 0.338 e. The van der Waals surface area contributed by atoms with E-state index < -0.39 is 0 Å². The maximum Gasteiger partial charge on any atom is 0.321 e.